The molecule has 2 rings (SSSR count). The van der Waals surface area contributed by atoms with Crippen LogP contribution in [0.3, 0.4) is 0 Å². The van der Waals surface area contributed by atoms with Gasteiger partial charge in [0.2, 0.25) is 0 Å². The molecule has 2 aromatic rings. The largest absolute Gasteiger partial charge is 0.345 e. The van der Waals surface area contributed by atoms with Gasteiger partial charge in [-0.3, -0.25) is 4.79 Å². The predicted molar refractivity (Wildman–Crippen MR) is 83.8 cm³/mol. The zero-order chi connectivity index (χ0) is 14.7. The van der Waals surface area contributed by atoms with E-state index in [1.165, 1.54) is 0 Å². The van der Waals surface area contributed by atoms with Crippen molar-refractivity contribution in [3.8, 4) is 0 Å². The van der Waals surface area contributed by atoms with Crippen molar-refractivity contribution in [2.45, 2.75) is 13.0 Å². The maximum atomic E-state index is 12.1. The maximum Gasteiger partial charge on any atom is 0.251 e. The highest BCUT2D eigenvalue weighted by Crippen LogP contribution is 2.26. The molecule has 0 aliphatic heterocycles. The van der Waals surface area contributed by atoms with Crippen molar-refractivity contribution in [2.75, 3.05) is 0 Å². The Morgan fingerprint density at radius 1 is 1.00 bits per heavy atom. The van der Waals surface area contributed by atoms with Gasteiger partial charge in [-0.15, -0.1) is 0 Å². The van der Waals surface area contributed by atoms with Crippen molar-refractivity contribution in [3.63, 3.8) is 0 Å². The molecule has 20 heavy (non-hydrogen) atoms. The summed E-state index contributed by atoms with van der Waals surface area (Å²) in [6.45, 7) is 1.86. The molecule has 5 heteroatoms. The number of amides is 1. The highest BCUT2D eigenvalue weighted by atomic mass is 35.5. The highest BCUT2D eigenvalue weighted by molar-refractivity contribution is 6.35. The SMILES string of the molecule is C[C@@H](NC(=O)c1ccc(Cl)cc1)c1ccc(Cl)cc1Cl. The van der Waals surface area contributed by atoms with Gasteiger partial charge in [0.15, 0.2) is 0 Å². The lowest BCUT2D eigenvalue weighted by atomic mass is 10.1. The predicted octanol–water partition coefficient (Wildman–Crippen LogP) is 5.14. The molecule has 0 fully saturated rings. The topological polar surface area (TPSA) is 29.1 Å². The first-order valence-electron chi connectivity index (χ1n) is 5.99. The third-order valence-corrected chi connectivity index (χ3v) is 3.70. The molecule has 0 aromatic heterocycles. The van der Waals surface area contributed by atoms with E-state index in [-0.39, 0.29) is 11.9 Å². The second-order valence-electron chi connectivity index (χ2n) is 4.37. The van der Waals surface area contributed by atoms with E-state index in [1.807, 2.05) is 6.92 Å². The quantitative estimate of drug-likeness (QED) is 0.830. The summed E-state index contributed by atoms with van der Waals surface area (Å²) in [5.41, 5.74) is 1.37. The zero-order valence-corrected chi connectivity index (χ0v) is 12.9. The van der Waals surface area contributed by atoms with Gasteiger partial charge in [-0.1, -0.05) is 40.9 Å². The molecule has 104 valence electrons. The lowest BCUT2D eigenvalue weighted by molar-refractivity contribution is 0.0940. The number of carbonyl (C=O) groups excluding carboxylic acids is 1. The van der Waals surface area contributed by atoms with E-state index in [4.69, 9.17) is 34.8 Å². The van der Waals surface area contributed by atoms with Crippen LogP contribution in [-0.2, 0) is 0 Å². The van der Waals surface area contributed by atoms with Crippen LogP contribution in [0.1, 0.15) is 28.9 Å². The normalized spacial score (nSPS) is 12.0. The van der Waals surface area contributed by atoms with Gasteiger partial charge in [0.1, 0.15) is 0 Å². The van der Waals surface area contributed by atoms with Crippen molar-refractivity contribution >= 4 is 40.7 Å². The molecule has 1 amide bonds. The first kappa shape index (κ1) is 15.2. The van der Waals surface area contributed by atoms with Gasteiger partial charge < -0.3 is 5.32 Å². The highest BCUT2D eigenvalue weighted by Gasteiger charge is 2.14. The molecular weight excluding hydrogens is 317 g/mol. The average molecular weight is 329 g/mol. The fourth-order valence-electron chi connectivity index (χ4n) is 1.81. The molecule has 2 nitrogen and oxygen atoms in total. The monoisotopic (exact) mass is 327 g/mol. The molecule has 0 saturated carbocycles. The summed E-state index contributed by atoms with van der Waals surface area (Å²) in [7, 11) is 0. The molecular formula is C15H12Cl3NO. The Morgan fingerprint density at radius 3 is 2.20 bits per heavy atom. The number of halogens is 3. The number of carbonyl (C=O) groups is 1. The Bertz CT molecular complexity index is 626. The minimum absolute atomic E-state index is 0.180. The number of benzene rings is 2. The van der Waals surface area contributed by atoms with E-state index < -0.39 is 0 Å². The van der Waals surface area contributed by atoms with Crippen molar-refractivity contribution < 1.29 is 4.79 Å². The third kappa shape index (κ3) is 3.66. The molecule has 0 aliphatic carbocycles. The molecule has 1 atom stereocenters. The number of hydrogen-bond acceptors (Lipinski definition) is 1. The van der Waals surface area contributed by atoms with Crippen LogP contribution in [0.5, 0.6) is 0 Å². The standard InChI is InChI=1S/C15H12Cl3NO/c1-9(13-7-6-12(17)8-14(13)18)19-15(20)10-2-4-11(16)5-3-10/h2-9H,1H3,(H,19,20)/t9-/m1/s1. The summed E-state index contributed by atoms with van der Waals surface area (Å²) in [4.78, 5) is 12.1. The molecule has 0 aliphatic rings. The lowest BCUT2D eigenvalue weighted by Gasteiger charge is -2.16. The van der Waals surface area contributed by atoms with Gasteiger partial charge in [-0.25, -0.2) is 0 Å². The van der Waals surface area contributed by atoms with Crippen LogP contribution in [0.25, 0.3) is 0 Å². The van der Waals surface area contributed by atoms with Crippen molar-refractivity contribution in [3.05, 3.63) is 68.7 Å². The van der Waals surface area contributed by atoms with E-state index in [1.54, 1.807) is 42.5 Å². The van der Waals surface area contributed by atoms with E-state index in [0.29, 0.717) is 20.6 Å². The summed E-state index contributed by atoms with van der Waals surface area (Å²) >= 11 is 17.8. The van der Waals surface area contributed by atoms with Crippen LogP contribution in [0.4, 0.5) is 0 Å². The molecule has 0 spiro atoms. The van der Waals surface area contributed by atoms with Gasteiger partial charge in [0.25, 0.3) is 5.91 Å². The first-order valence-corrected chi connectivity index (χ1v) is 7.12. The summed E-state index contributed by atoms with van der Waals surface area (Å²) in [5.74, 6) is -0.180. The van der Waals surface area contributed by atoms with Crippen LogP contribution in [0.2, 0.25) is 15.1 Å². The first-order chi connectivity index (χ1) is 9.47. The molecule has 0 unspecified atom stereocenters. The molecule has 0 saturated heterocycles. The molecule has 0 bridgehead atoms. The van der Waals surface area contributed by atoms with Crippen molar-refractivity contribution in [2.24, 2.45) is 0 Å². The maximum absolute atomic E-state index is 12.1. The van der Waals surface area contributed by atoms with Gasteiger partial charge in [-0.2, -0.15) is 0 Å². The second kappa shape index (κ2) is 6.49. The summed E-state index contributed by atoms with van der Waals surface area (Å²) in [5, 5.41) is 4.57. The summed E-state index contributed by atoms with van der Waals surface area (Å²) < 4.78 is 0. The Labute approximate surface area is 132 Å². The molecule has 1 N–H and O–H groups in total. The van der Waals surface area contributed by atoms with Crippen LogP contribution in [0, 0.1) is 0 Å². The number of nitrogens with one attached hydrogen (secondary N) is 1. The van der Waals surface area contributed by atoms with E-state index in [2.05, 4.69) is 5.32 Å². The smallest absolute Gasteiger partial charge is 0.251 e. The second-order valence-corrected chi connectivity index (χ2v) is 5.65. The third-order valence-electron chi connectivity index (χ3n) is 2.88. The van der Waals surface area contributed by atoms with Gasteiger partial charge in [0, 0.05) is 20.6 Å². The lowest BCUT2D eigenvalue weighted by Crippen LogP contribution is -2.26. The fraction of sp³-hybridized carbons (Fsp3) is 0.133. The van der Waals surface area contributed by atoms with E-state index in [0.717, 1.165) is 5.56 Å². The van der Waals surface area contributed by atoms with Crippen LogP contribution in [-0.4, -0.2) is 5.91 Å². The Morgan fingerprint density at radius 2 is 1.60 bits per heavy atom. The molecule has 2 aromatic carbocycles. The fourth-order valence-corrected chi connectivity index (χ4v) is 2.51. The van der Waals surface area contributed by atoms with Gasteiger partial charge >= 0.3 is 0 Å². The van der Waals surface area contributed by atoms with Gasteiger partial charge in [-0.05, 0) is 48.9 Å². The number of hydrogen-bond donors (Lipinski definition) is 1. The molecule has 0 heterocycles. The van der Waals surface area contributed by atoms with Crippen LogP contribution >= 0.6 is 34.8 Å². The summed E-state index contributed by atoms with van der Waals surface area (Å²) in [6, 6.07) is 11.7. The number of rotatable bonds is 3. The van der Waals surface area contributed by atoms with Crippen LogP contribution in [0.15, 0.2) is 42.5 Å². The minimum atomic E-state index is -0.219. The average Bonchev–Trinajstić information content (AvgIpc) is 2.39. The molecule has 0 radical (unpaired) electrons. The summed E-state index contributed by atoms with van der Waals surface area (Å²) in [6.07, 6.45) is 0. The Hall–Kier alpha value is -1.22. The Balaban J connectivity index is 2.12. The zero-order valence-electron chi connectivity index (χ0n) is 10.7. The van der Waals surface area contributed by atoms with Crippen molar-refractivity contribution in [1.29, 1.82) is 0 Å². The van der Waals surface area contributed by atoms with Gasteiger partial charge in [0.05, 0.1) is 6.04 Å². The van der Waals surface area contributed by atoms with E-state index >= 15 is 0 Å². The Kier molecular flexibility index (Phi) is 4.92. The minimum Gasteiger partial charge on any atom is -0.345 e. The van der Waals surface area contributed by atoms with Crippen LogP contribution < -0.4 is 5.32 Å². The van der Waals surface area contributed by atoms with E-state index in [9.17, 15) is 4.79 Å². The van der Waals surface area contributed by atoms with Crippen molar-refractivity contribution in [1.82, 2.24) is 5.32 Å².